The minimum absolute atomic E-state index is 0. The molecule has 1 aliphatic heterocycles. The van der Waals surface area contributed by atoms with Gasteiger partial charge < -0.3 is 20.5 Å². The lowest BCUT2D eigenvalue weighted by molar-refractivity contribution is 0.378. The minimum atomic E-state index is 0. The van der Waals surface area contributed by atoms with E-state index >= 15 is 0 Å². The van der Waals surface area contributed by atoms with E-state index in [0.29, 0.717) is 12.5 Å². The number of fused-ring (bicyclic) bond motifs is 1. The molecule has 4 rings (SSSR count). The van der Waals surface area contributed by atoms with Gasteiger partial charge in [-0.1, -0.05) is 18.2 Å². The van der Waals surface area contributed by atoms with Crippen LogP contribution in [0.2, 0.25) is 0 Å². The van der Waals surface area contributed by atoms with Crippen LogP contribution in [0.3, 0.4) is 0 Å². The van der Waals surface area contributed by atoms with Crippen LogP contribution in [0.4, 0.5) is 5.95 Å². The number of rotatable bonds is 3. The van der Waals surface area contributed by atoms with Crippen molar-refractivity contribution in [3.63, 3.8) is 0 Å². The van der Waals surface area contributed by atoms with Crippen LogP contribution in [0.5, 0.6) is 0 Å². The number of nitrogens with two attached hydrogens (primary N) is 1. The molecule has 1 aromatic carbocycles. The summed E-state index contributed by atoms with van der Waals surface area (Å²) in [5, 5.41) is 1.20. The Morgan fingerprint density at radius 3 is 2.62 bits per heavy atom. The highest BCUT2D eigenvalue weighted by Crippen LogP contribution is 2.17. The first kappa shape index (κ1) is 18.4. The van der Waals surface area contributed by atoms with Gasteiger partial charge in [0.15, 0.2) is 5.96 Å². The first-order valence-corrected chi connectivity index (χ1v) is 8.43. The summed E-state index contributed by atoms with van der Waals surface area (Å²) in [6, 6.07) is 10.1. The summed E-state index contributed by atoms with van der Waals surface area (Å²) in [7, 11) is 0. The van der Waals surface area contributed by atoms with Crippen LogP contribution in [0.1, 0.15) is 5.56 Å². The molecule has 0 saturated carbocycles. The minimum Gasteiger partial charge on any atom is -0.370 e. The molecule has 3 N–H and O–H groups in total. The van der Waals surface area contributed by atoms with Crippen LogP contribution in [0, 0.1) is 0 Å². The van der Waals surface area contributed by atoms with Gasteiger partial charge >= 0.3 is 0 Å². The summed E-state index contributed by atoms with van der Waals surface area (Å²) in [6.45, 7) is 3.89. The van der Waals surface area contributed by atoms with Gasteiger partial charge in [-0.05, 0) is 23.1 Å². The fourth-order valence-electron chi connectivity index (χ4n) is 3.14. The third-order valence-corrected chi connectivity index (χ3v) is 4.52. The second-order valence-corrected chi connectivity index (χ2v) is 6.06. The molecule has 0 bridgehead atoms. The van der Waals surface area contributed by atoms with Gasteiger partial charge in [-0.2, -0.15) is 0 Å². The zero-order valence-corrected chi connectivity index (χ0v) is 16.7. The number of nitrogens with zero attached hydrogens (tertiary/aromatic N) is 5. The van der Waals surface area contributed by atoms with E-state index in [9.17, 15) is 0 Å². The lowest BCUT2D eigenvalue weighted by Gasteiger charge is -2.35. The second kappa shape index (κ2) is 8.35. The van der Waals surface area contributed by atoms with E-state index in [1.54, 1.807) is 12.4 Å². The molecule has 0 amide bonds. The molecule has 3 aromatic rings. The standard InChI is InChI=1S/C18H21N7.HI/c19-17(23-13-15-4-1-3-14-5-8-20-16(14)15)24-9-11-25(12-10-24)18-21-6-2-7-22-18;/h1-8,20H,9-13H2,(H2,19,23);1H. The lowest BCUT2D eigenvalue weighted by Crippen LogP contribution is -2.51. The number of aromatic amines is 1. The number of piperazine rings is 1. The monoisotopic (exact) mass is 463 g/mol. The molecule has 0 spiro atoms. The Morgan fingerprint density at radius 1 is 1.08 bits per heavy atom. The van der Waals surface area contributed by atoms with Gasteiger partial charge in [0.05, 0.1) is 12.1 Å². The zero-order valence-electron chi connectivity index (χ0n) is 14.4. The molecule has 0 radical (unpaired) electrons. The predicted molar refractivity (Wildman–Crippen MR) is 115 cm³/mol. The molecule has 2 aromatic heterocycles. The highest BCUT2D eigenvalue weighted by Gasteiger charge is 2.19. The topological polar surface area (TPSA) is 86.4 Å². The molecule has 136 valence electrons. The van der Waals surface area contributed by atoms with Gasteiger partial charge in [-0.25, -0.2) is 15.0 Å². The molecule has 7 nitrogen and oxygen atoms in total. The maximum Gasteiger partial charge on any atom is 0.225 e. The number of hydrogen-bond acceptors (Lipinski definition) is 4. The van der Waals surface area contributed by atoms with Crippen molar-refractivity contribution in [1.29, 1.82) is 0 Å². The summed E-state index contributed by atoms with van der Waals surface area (Å²) in [5.74, 6) is 1.37. The Bertz CT molecular complexity index is 869. The molecule has 0 atom stereocenters. The number of aliphatic imine (C=N–C) groups is 1. The quantitative estimate of drug-likeness (QED) is 0.354. The average Bonchev–Trinajstić information content (AvgIpc) is 3.16. The van der Waals surface area contributed by atoms with E-state index in [0.717, 1.165) is 43.2 Å². The van der Waals surface area contributed by atoms with Crippen molar-refractivity contribution in [2.24, 2.45) is 10.7 Å². The number of nitrogens with one attached hydrogen (secondary N) is 1. The molecule has 8 heteroatoms. The van der Waals surface area contributed by atoms with Crippen LogP contribution in [-0.2, 0) is 6.54 Å². The molecule has 1 aliphatic rings. The van der Waals surface area contributed by atoms with E-state index in [4.69, 9.17) is 5.73 Å². The van der Waals surface area contributed by atoms with E-state index in [1.807, 2.05) is 12.3 Å². The van der Waals surface area contributed by atoms with Crippen LogP contribution < -0.4 is 10.6 Å². The van der Waals surface area contributed by atoms with E-state index < -0.39 is 0 Å². The van der Waals surface area contributed by atoms with E-state index in [2.05, 4.69) is 54.0 Å². The van der Waals surface area contributed by atoms with Gasteiger partial charge in [-0.15, -0.1) is 24.0 Å². The molecule has 1 fully saturated rings. The highest BCUT2D eigenvalue weighted by atomic mass is 127. The Labute approximate surface area is 169 Å². The highest BCUT2D eigenvalue weighted by molar-refractivity contribution is 14.0. The third-order valence-electron chi connectivity index (χ3n) is 4.52. The Balaban J connectivity index is 0.00000196. The summed E-state index contributed by atoms with van der Waals surface area (Å²) in [5.41, 5.74) is 8.50. The molecular weight excluding hydrogens is 441 g/mol. The number of benzene rings is 1. The van der Waals surface area contributed by atoms with Crippen LogP contribution in [-0.4, -0.2) is 52.0 Å². The van der Waals surface area contributed by atoms with Crippen molar-refractivity contribution in [2.45, 2.75) is 6.54 Å². The summed E-state index contributed by atoms with van der Waals surface area (Å²) in [6.07, 6.45) is 5.49. The first-order chi connectivity index (χ1) is 12.3. The average molecular weight is 463 g/mol. The molecule has 0 unspecified atom stereocenters. The summed E-state index contributed by atoms with van der Waals surface area (Å²) < 4.78 is 0. The Morgan fingerprint density at radius 2 is 1.85 bits per heavy atom. The number of para-hydroxylation sites is 1. The van der Waals surface area contributed by atoms with Crippen molar-refractivity contribution >= 4 is 46.8 Å². The van der Waals surface area contributed by atoms with Crippen molar-refractivity contribution in [1.82, 2.24) is 19.9 Å². The fraction of sp³-hybridized carbons (Fsp3) is 0.278. The first-order valence-electron chi connectivity index (χ1n) is 8.43. The predicted octanol–water partition coefficient (Wildman–Crippen LogP) is 2.21. The van der Waals surface area contributed by atoms with Crippen molar-refractivity contribution in [3.05, 3.63) is 54.5 Å². The summed E-state index contributed by atoms with van der Waals surface area (Å²) >= 11 is 0. The van der Waals surface area contributed by atoms with E-state index in [1.165, 1.54) is 5.39 Å². The van der Waals surface area contributed by atoms with Gasteiger partial charge in [0.2, 0.25) is 5.95 Å². The van der Waals surface area contributed by atoms with Crippen molar-refractivity contribution in [2.75, 3.05) is 31.1 Å². The summed E-state index contributed by atoms with van der Waals surface area (Å²) in [4.78, 5) is 20.8. The van der Waals surface area contributed by atoms with Gasteiger partial charge in [0.1, 0.15) is 0 Å². The van der Waals surface area contributed by atoms with E-state index in [-0.39, 0.29) is 24.0 Å². The Hall–Kier alpha value is -2.36. The van der Waals surface area contributed by atoms with Crippen LogP contribution >= 0.6 is 24.0 Å². The number of halogens is 1. The smallest absolute Gasteiger partial charge is 0.225 e. The van der Waals surface area contributed by atoms with Crippen molar-refractivity contribution < 1.29 is 0 Å². The van der Waals surface area contributed by atoms with Crippen LogP contribution in [0.15, 0.2) is 53.9 Å². The molecular formula is C18H22IN7. The van der Waals surface area contributed by atoms with Gasteiger partial charge in [-0.3, -0.25) is 0 Å². The molecule has 3 heterocycles. The van der Waals surface area contributed by atoms with Gasteiger partial charge in [0, 0.05) is 44.8 Å². The number of guanidine groups is 1. The maximum atomic E-state index is 6.22. The molecule has 26 heavy (non-hydrogen) atoms. The number of H-pyrrole nitrogens is 1. The SMILES string of the molecule is I.NC(=NCc1cccc2cc[nH]c12)N1CCN(c2ncccn2)CC1. The number of hydrogen-bond donors (Lipinski definition) is 2. The Kier molecular flexibility index (Phi) is 5.92. The normalized spacial score (nSPS) is 15.2. The fourth-order valence-corrected chi connectivity index (χ4v) is 3.14. The third kappa shape index (κ3) is 3.90. The molecule has 0 aliphatic carbocycles. The van der Waals surface area contributed by atoms with Crippen LogP contribution in [0.25, 0.3) is 10.9 Å². The molecule has 1 saturated heterocycles. The van der Waals surface area contributed by atoms with Crippen molar-refractivity contribution in [3.8, 4) is 0 Å². The maximum absolute atomic E-state index is 6.22. The van der Waals surface area contributed by atoms with Gasteiger partial charge in [0.25, 0.3) is 0 Å². The zero-order chi connectivity index (χ0) is 17.1. The largest absolute Gasteiger partial charge is 0.370 e. The number of anilines is 1. The second-order valence-electron chi connectivity index (χ2n) is 6.06. The number of aromatic nitrogens is 3. The lowest BCUT2D eigenvalue weighted by atomic mass is 10.1.